The second-order valence-corrected chi connectivity index (χ2v) is 8.19. The van der Waals surface area contributed by atoms with Gasteiger partial charge in [0.1, 0.15) is 0 Å². The third kappa shape index (κ3) is 11.5. The van der Waals surface area contributed by atoms with Crippen molar-refractivity contribution in [2.75, 3.05) is 59.4 Å². The van der Waals surface area contributed by atoms with Gasteiger partial charge in [-0.3, -0.25) is 4.99 Å². The van der Waals surface area contributed by atoms with Gasteiger partial charge in [0.05, 0.1) is 0 Å². The minimum atomic E-state index is 0. The van der Waals surface area contributed by atoms with Crippen LogP contribution >= 0.6 is 24.0 Å². The summed E-state index contributed by atoms with van der Waals surface area (Å²) in [6.45, 7) is 11.2. The molecule has 2 N–H and O–H groups in total. The molecule has 0 aromatic heterocycles. The van der Waals surface area contributed by atoms with E-state index >= 15 is 0 Å². The number of piperazine rings is 1. The molecule has 6 heteroatoms. The number of halogens is 1. The molecule has 0 unspecified atom stereocenters. The Balaban J connectivity index is 0.00000364. The SMILES string of the molecule is CCNC(=NCCCC1CCCCC1)NCCCCN1CCN(C)CC1.I. The van der Waals surface area contributed by atoms with Gasteiger partial charge >= 0.3 is 0 Å². The van der Waals surface area contributed by atoms with E-state index in [0.29, 0.717) is 0 Å². The molecule has 5 nitrogen and oxygen atoms in total. The van der Waals surface area contributed by atoms with Crippen LogP contribution in [0.1, 0.15) is 64.7 Å². The predicted molar refractivity (Wildman–Crippen MR) is 128 cm³/mol. The van der Waals surface area contributed by atoms with Gasteiger partial charge in [-0.05, 0) is 52.1 Å². The highest BCUT2D eigenvalue weighted by atomic mass is 127. The highest BCUT2D eigenvalue weighted by molar-refractivity contribution is 14.0. The first-order valence-electron chi connectivity index (χ1n) is 11.2. The minimum Gasteiger partial charge on any atom is -0.357 e. The molecule has 27 heavy (non-hydrogen) atoms. The van der Waals surface area contributed by atoms with Gasteiger partial charge < -0.3 is 20.4 Å². The van der Waals surface area contributed by atoms with E-state index in [-0.39, 0.29) is 24.0 Å². The maximum atomic E-state index is 4.77. The fourth-order valence-corrected chi connectivity index (χ4v) is 4.13. The number of unbranched alkanes of at least 4 members (excludes halogenated alkanes) is 1. The number of aliphatic imine (C=N–C) groups is 1. The van der Waals surface area contributed by atoms with Crippen molar-refractivity contribution >= 4 is 29.9 Å². The summed E-state index contributed by atoms with van der Waals surface area (Å²) in [6, 6.07) is 0. The first-order valence-corrected chi connectivity index (χ1v) is 11.2. The second-order valence-electron chi connectivity index (χ2n) is 8.19. The Morgan fingerprint density at radius 2 is 1.70 bits per heavy atom. The lowest BCUT2D eigenvalue weighted by molar-refractivity contribution is 0.152. The van der Waals surface area contributed by atoms with Crippen LogP contribution in [0, 0.1) is 5.92 Å². The molecule has 1 saturated heterocycles. The fourth-order valence-electron chi connectivity index (χ4n) is 4.13. The number of guanidine groups is 1. The fraction of sp³-hybridized carbons (Fsp3) is 0.952. The Bertz CT molecular complexity index is 377. The summed E-state index contributed by atoms with van der Waals surface area (Å²) >= 11 is 0. The summed E-state index contributed by atoms with van der Waals surface area (Å²) in [4.78, 5) is 9.80. The molecule has 1 heterocycles. The Kier molecular flexibility index (Phi) is 14.6. The Labute approximate surface area is 185 Å². The Morgan fingerprint density at radius 3 is 2.41 bits per heavy atom. The first-order chi connectivity index (χ1) is 12.8. The van der Waals surface area contributed by atoms with Crippen molar-refractivity contribution in [1.29, 1.82) is 0 Å². The molecule has 0 bridgehead atoms. The van der Waals surface area contributed by atoms with Crippen LogP contribution in [-0.2, 0) is 0 Å². The molecule has 0 radical (unpaired) electrons. The van der Waals surface area contributed by atoms with Crippen LogP contribution in [0.25, 0.3) is 0 Å². The molecule has 2 aliphatic rings. The third-order valence-electron chi connectivity index (χ3n) is 5.90. The average Bonchev–Trinajstić information content (AvgIpc) is 2.67. The molecule has 0 atom stereocenters. The van der Waals surface area contributed by atoms with Crippen molar-refractivity contribution in [3.8, 4) is 0 Å². The lowest BCUT2D eigenvalue weighted by Gasteiger charge is -2.32. The summed E-state index contributed by atoms with van der Waals surface area (Å²) in [5.74, 6) is 1.99. The molecule has 0 amide bonds. The number of hydrogen-bond acceptors (Lipinski definition) is 3. The summed E-state index contributed by atoms with van der Waals surface area (Å²) in [6.07, 6.45) is 12.4. The minimum absolute atomic E-state index is 0. The van der Waals surface area contributed by atoms with Crippen LogP contribution in [0.4, 0.5) is 0 Å². The van der Waals surface area contributed by atoms with E-state index < -0.39 is 0 Å². The number of nitrogens with one attached hydrogen (secondary N) is 2. The molecule has 2 fully saturated rings. The molecular weight excluding hydrogens is 449 g/mol. The van der Waals surface area contributed by atoms with E-state index in [1.807, 2.05) is 0 Å². The lowest BCUT2D eigenvalue weighted by atomic mass is 9.86. The Morgan fingerprint density at radius 1 is 0.963 bits per heavy atom. The molecule has 0 spiro atoms. The summed E-state index contributed by atoms with van der Waals surface area (Å²) < 4.78 is 0. The quantitative estimate of drug-likeness (QED) is 0.212. The zero-order valence-corrected chi connectivity index (χ0v) is 20.2. The van der Waals surface area contributed by atoms with Crippen LogP contribution < -0.4 is 10.6 Å². The Hall–Kier alpha value is -0.0800. The summed E-state index contributed by atoms with van der Waals surface area (Å²) in [5.41, 5.74) is 0. The highest BCUT2D eigenvalue weighted by Gasteiger charge is 2.13. The standard InChI is InChI=1S/C21H43N5.HI/c1-3-22-21(24-14-9-12-20-10-5-4-6-11-20)23-13-7-8-15-26-18-16-25(2)17-19-26;/h20H,3-19H2,1-2H3,(H2,22,23,24);1H. The number of likely N-dealkylation sites (N-methyl/N-ethyl adjacent to an activating group) is 1. The highest BCUT2D eigenvalue weighted by Crippen LogP contribution is 2.27. The topological polar surface area (TPSA) is 42.9 Å². The van der Waals surface area contributed by atoms with E-state index in [9.17, 15) is 0 Å². The zero-order chi connectivity index (χ0) is 18.5. The molecule has 1 saturated carbocycles. The van der Waals surface area contributed by atoms with Crippen molar-refractivity contribution in [3.05, 3.63) is 0 Å². The van der Waals surface area contributed by atoms with Gasteiger partial charge in [0, 0.05) is 45.8 Å². The van der Waals surface area contributed by atoms with Crippen molar-refractivity contribution < 1.29 is 0 Å². The maximum absolute atomic E-state index is 4.77. The number of hydrogen-bond donors (Lipinski definition) is 2. The van der Waals surface area contributed by atoms with E-state index in [2.05, 4.69) is 34.4 Å². The van der Waals surface area contributed by atoms with Crippen molar-refractivity contribution in [2.24, 2.45) is 10.9 Å². The number of rotatable bonds is 10. The van der Waals surface area contributed by atoms with Gasteiger partial charge in [0.25, 0.3) is 0 Å². The monoisotopic (exact) mass is 493 g/mol. The molecule has 0 aromatic rings. The van der Waals surface area contributed by atoms with Crippen molar-refractivity contribution in [1.82, 2.24) is 20.4 Å². The number of nitrogens with zero attached hydrogens (tertiary/aromatic N) is 3. The maximum Gasteiger partial charge on any atom is 0.191 e. The van der Waals surface area contributed by atoms with Crippen molar-refractivity contribution in [3.63, 3.8) is 0 Å². The van der Waals surface area contributed by atoms with E-state index in [1.165, 1.54) is 90.5 Å². The van der Waals surface area contributed by atoms with Gasteiger partial charge in [0.15, 0.2) is 5.96 Å². The van der Waals surface area contributed by atoms with Crippen LogP contribution in [0.3, 0.4) is 0 Å². The predicted octanol–water partition coefficient (Wildman–Crippen LogP) is 3.55. The van der Waals surface area contributed by atoms with Crippen LogP contribution in [-0.4, -0.2) is 75.2 Å². The van der Waals surface area contributed by atoms with Crippen LogP contribution in [0.2, 0.25) is 0 Å². The van der Waals surface area contributed by atoms with Gasteiger partial charge in [-0.15, -0.1) is 24.0 Å². The normalized spacial score (nSPS) is 20.3. The van der Waals surface area contributed by atoms with Gasteiger partial charge in [-0.1, -0.05) is 32.1 Å². The van der Waals surface area contributed by atoms with Crippen LogP contribution in [0.5, 0.6) is 0 Å². The summed E-state index contributed by atoms with van der Waals surface area (Å²) in [5, 5.41) is 6.91. The molecule has 160 valence electrons. The summed E-state index contributed by atoms with van der Waals surface area (Å²) in [7, 11) is 2.22. The molecule has 1 aliphatic carbocycles. The average molecular weight is 494 g/mol. The van der Waals surface area contributed by atoms with E-state index in [1.54, 1.807) is 0 Å². The van der Waals surface area contributed by atoms with Gasteiger partial charge in [-0.25, -0.2) is 0 Å². The zero-order valence-electron chi connectivity index (χ0n) is 17.8. The molecule has 2 rings (SSSR count). The smallest absolute Gasteiger partial charge is 0.191 e. The van der Waals surface area contributed by atoms with Crippen LogP contribution in [0.15, 0.2) is 4.99 Å². The largest absolute Gasteiger partial charge is 0.357 e. The molecule has 0 aromatic carbocycles. The second kappa shape index (κ2) is 15.8. The lowest BCUT2D eigenvalue weighted by Crippen LogP contribution is -2.44. The van der Waals surface area contributed by atoms with Gasteiger partial charge in [-0.2, -0.15) is 0 Å². The van der Waals surface area contributed by atoms with E-state index in [0.717, 1.165) is 31.5 Å². The molecule has 1 aliphatic heterocycles. The third-order valence-corrected chi connectivity index (χ3v) is 5.90. The van der Waals surface area contributed by atoms with E-state index in [4.69, 9.17) is 4.99 Å². The molecular formula is C21H44IN5. The van der Waals surface area contributed by atoms with Crippen molar-refractivity contribution in [2.45, 2.75) is 64.7 Å². The van der Waals surface area contributed by atoms with Gasteiger partial charge in [0.2, 0.25) is 0 Å². The first kappa shape index (κ1) is 25.0.